The van der Waals surface area contributed by atoms with Crippen molar-refractivity contribution in [1.82, 2.24) is 4.98 Å². The lowest BCUT2D eigenvalue weighted by atomic mass is 10.1. The maximum atomic E-state index is 12.1. The highest BCUT2D eigenvalue weighted by molar-refractivity contribution is 5.90. The minimum Gasteiger partial charge on any atom is -0.491 e. The molecular formula is C22H23N3O2. The lowest BCUT2D eigenvalue weighted by Gasteiger charge is -2.09. The second-order valence-corrected chi connectivity index (χ2v) is 6.27. The topological polar surface area (TPSA) is 77.2 Å². The van der Waals surface area contributed by atoms with Crippen LogP contribution in [0, 0.1) is 0 Å². The number of nitrogen functional groups attached to an aromatic ring is 1. The third kappa shape index (κ3) is 5.85. The molecule has 2 aromatic carbocycles. The first-order valence-electron chi connectivity index (χ1n) is 8.96. The molecule has 0 spiro atoms. The minimum atomic E-state index is -0.0264. The van der Waals surface area contributed by atoms with Gasteiger partial charge < -0.3 is 15.8 Å². The van der Waals surface area contributed by atoms with Gasteiger partial charge in [0.15, 0.2) is 0 Å². The number of aromatic nitrogens is 1. The van der Waals surface area contributed by atoms with E-state index in [4.69, 9.17) is 10.5 Å². The van der Waals surface area contributed by atoms with Crippen LogP contribution in [0.2, 0.25) is 0 Å². The Balaban J connectivity index is 1.41. The summed E-state index contributed by atoms with van der Waals surface area (Å²) in [6.45, 7) is 0.451. The lowest BCUT2D eigenvalue weighted by molar-refractivity contribution is -0.116. The van der Waals surface area contributed by atoms with Gasteiger partial charge in [-0.05, 0) is 60.4 Å². The first-order valence-corrected chi connectivity index (χ1v) is 8.96. The van der Waals surface area contributed by atoms with Crippen LogP contribution in [-0.4, -0.2) is 17.5 Å². The summed E-state index contributed by atoms with van der Waals surface area (Å²) in [5, 5.41) is 2.91. The first kappa shape index (κ1) is 18.5. The van der Waals surface area contributed by atoms with E-state index < -0.39 is 0 Å². The zero-order valence-electron chi connectivity index (χ0n) is 15.1. The van der Waals surface area contributed by atoms with Gasteiger partial charge in [0.1, 0.15) is 5.75 Å². The van der Waals surface area contributed by atoms with Gasteiger partial charge in [-0.1, -0.05) is 24.3 Å². The normalized spacial score (nSPS) is 10.4. The number of amides is 1. The van der Waals surface area contributed by atoms with Gasteiger partial charge in [-0.15, -0.1) is 0 Å². The van der Waals surface area contributed by atoms with Gasteiger partial charge in [0.25, 0.3) is 0 Å². The highest BCUT2D eigenvalue weighted by Gasteiger charge is 2.04. The SMILES string of the molecule is Nc1ccccc1OCCCC(=O)Nc1ccc(Cc2ccncc2)cc1. The minimum absolute atomic E-state index is 0.0264. The Hall–Kier alpha value is -3.34. The van der Waals surface area contributed by atoms with Gasteiger partial charge in [0, 0.05) is 24.5 Å². The Kier molecular flexibility index (Phi) is 6.41. The number of anilines is 2. The Bertz CT molecular complexity index is 864. The van der Waals surface area contributed by atoms with Crippen LogP contribution in [0.25, 0.3) is 0 Å². The van der Waals surface area contributed by atoms with Crippen LogP contribution < -0.4 is 15.8 Å². The largest absolute Gasteiger partial charge is 0.491 e. The van der Waals surface area contributed by atoms with Crippen LogP contribution in [0.3, 0.4) is 0 Å². The predicted molar refractivity (Wildman–Crippen MR) is 108 cm³/mol. The molecule has 0 aliphatic carbocycles. The Labute approximate surface area is 159 Å². The van der Waals surface area contributed by atoms with Crippen molar-refractivity contribution >= 4 is 17.3 Å². The molecule has 5 heteroatoms. The van der Waals surface area contributed by atoms with Crippen molar-refractivity contribution in [2.24, 2.45) is 0 Å². The third-order valence-corrected chi connectivity index (χ3v) is 4.12. The number of pyridine rings is 1. The van der Waals surface area contributed by atoms with Gasteiger partial charge in [-0.3, -0.25) is 9.78 Å². The van der Waals surface area contributed by atoms with Crippen LogP contribution in [0.15, 0.2) is 73.1 Å². The second kappa shape index (κ2) is 9.38. The highest BCUT2D eigenvalue weighted by atomic mass is 16.5. The van der Waals surface area contributed by atoms with Crippen molar-refractivity contribution in [1.29, 1.82) is 0 Å². The van der Waals surface area contributed by atoms with Crippen molar-refractivity contribution in [2.75, 3.05) is 17.7 Å². The number of benzene rings is 2. The molecule has 3 N–H and O–H groups in total. The summed E-state index contributed by atoms with van der Waals surface area (Å²) in [7, 11) is 0. The molecule has 1 aromatic heterocycles. The van der Waals surface area contributed by atoms with Crippen molar-refractivity contribution in [3.05, 3.63) is 84.2 Å². The zero-order chi connectivity index (χ0) is 18.9. The molecule has 27 heavy (non-hydrogen) atoms. The van der Waals surface area contributed by atoms with Crippen LogP contribution in [0.4, 0.5) is 11.4 Å². The van der Waals surface area contributed by atoms with E-state index in [9.17, 15) is 4.79 Å². The number of hydrogen-bond donors (Lipinski definition) is 2. The van der Waals surface area contributed by atoms with Crippen LogP contribution in [0.5, 0.6) is 5.75 Å². The number of rotatable bonds is 8. The van der Waals surface area contributed by atoms with Crippen LogP contribution in [0.1, 0.15) is 24.0 Å². The molecule has 138 valence electrons. The molecule has 3 rings (SSSR count). The van der Waals surface area contributed by atoms with Crippen molar-refractivity contribution < 1.29 is 9.53 Å². The van der Waals surface area contributed by atoms with E-state index in [1.54, 1.807) is 18.5 Å². The number of nitrogens with zero attached hydrogens (tertiary/aromatic N) is 1. The molecule has 1 heterocycles. The lowest BCUT2D eigenvalue weighted by Crippen LogP contribution is -2.13. The van der Waals surface area contributed by atoms with E-state index in [0.717, 1.165) is 12.1 Å². The number of carbonyl (C=O) groups is 1. The summed E-state index contributed by atoms with van der Waals surface area (Å²) >= 11 is 0. The smallest absolute Gasteiger partial charge is 0.224 e. The number of carbonyl (C=O) groups excluding carboxylic acids is 1. The van der Waals surface area contributed by atoms with Gasteiger partial charge in [0.2, 0.25) is 5.91 Å². The maximum Gasteiger partial charge on any atom is 0.224 e. The second-order valence-electron chi connectivity index (χ2n) is 6.27. The summed E-state index contributed by atoms with van der Waals surface area (Å²) < 4.78 is 5.60. The van der Waals surface area contributed by atoms with Gasteiger partial charge in [0.05, 0.1) is 12.3 Å². The summed E-state index contributed by atoms with van der Waals surface area (Å²) in [6.07, 6.45) is 5.45. The Morgan fingerprint density at radius 3 is 2.41 bits per heavy atom. The molecule has 0 bridgehead atoms. The van der Waals surface area contributed by atoms with E-state index >= 15 is 0 Å². The van der Waals surface area contributed by atoms with E-state index in [0.29, 0.717) is 30.9 Å². The molecule has 0 saturated heterocycles. The predicted octanol–water partition coefficient (Wildman–Crippen LogP) is 4.05. The summed E-state index contributed by atoms with van der Waals surface area (Å²) in [4.78, 5) is 16.1. The first-order chi connectivity index (χ1) is 13.2. The number of nitrogens with one attached hydrogen (secondary N) is 1. The summed E-state index contributed by atoms with van der Waals surface area (Å²) in [5.41, 5.74) is 9.62. The zero-order valence-corrected chi connectivity index (χ0v) is 15.1. The fraction of sp³-hybridized carbons (Fsp3) is 0.182. The monoisotopic (exact) mass is 361 g/mol. The van der Waals surface area contributed by atoms with Crippen LogP contribution >= 0.6 is 0 Å². The van der Waals surface area contributed by atoms with Crippen molar-refractivity contribution in [3.8, 4) is 5.75 Å². The molecule has 0 aliphatic heterocycles. The molecule has 0 unspecified atom stereocenters. The van der Waals surface area contributed by atoms with E-state index in [2.05, 4.69) is 10.3 Å². The van der Waals surface area contributed by atoms with E-state index in [-0.39, 0.29) is 5.91 Å². The number of para-hydroxylation sites is 2. The number of ether oxygens (including phenoxy) is 1. The molecule has 0 saturated carbocycles. The van der Waals surface area contributed by atoms with Gasteiger partial charge >= 0.3 is 0 Å². The fourth-order valence-corrected chi connectivity index (χ4v) is 2.69. The standard InChI is InChI=1S/C22H23N3O2/c23-20-4-1-2-5-21(20)27-15-3-6-22(26)25-19-9-7-17(8-10-19)16-18-11-13-24-14-12-18/h1-2,4-5,7-14H,3,6,15-16,23H2,(H,25,26). The van der Waals surface area contributed by atoms with Crippen molar-refractivity contribution in [2.45, 2.75) is 19.3 Å². The molecule has 1 amide bonds. The molecular weight excluding hydrogens is 338 g/mol. The molecule has 0 fully saturated rings. The summed E-state index contributed by atoms with van der Waals surface area (Å²) in [6, 6.07) is 19.2. The summed E-state index contributed by atoms with van der Waals surface area (Å²) in [5.74, 6) is 0.629. The average Bonchev–Trinajstić information content (AvgIpc) is 2.69. The molecule has 5 nitrogen and oxygen atoms in total. The van der Waals surface area contributed by atoms with Gasteiger partial charge in [-0.2, -0.15) is 0 Å². The van der Waals surface area contributed by atoms with E-state index in [1.165, 1.54) is 11.1 Å². The van der Waals surface area contributed by atoms with E-state index in [1.807, 2.05) is 54.6 Å². The number of hydrogen-bond acceptors (Lipinski definition) is 4. The Morgan fingerprint density at radius 1 is 0.963 bits per heavy atom. The fourth-order valence-electron chi connectivity index (χ4n) is 2.69. The quantitative estimate of drug-likeness (QED) is 0.469. The Morgan fingerprint density at radius 2 is 1.67 bits per heavy atom. The highest BCUT2D eigenvalue weighted by Crippen LogP contribution is 2.20. The molecule has 3 aromatic rings. The van der Waals surface area contributed by atoms with Crippen molar-refractivity contribution in [3.63, 3.8) is 0 Å². The molecule has 0 radical (unpaired) electrons. The average molecular weight is 361 g/mol. The number of nitrogens with two attached hydrogens (primary N) is 1. The maximum absolute atomic E-state index is 12.1. The van der Waals surface area contributed by atoms with Gasteiger partial charge in [-0.25, -0.2) is 0 Å². The third-order valence-electron chi connectivity index (χ3n) is 4.12. The molecule has 0 aliphatic rings. The van der Waals surface area contributed by atoms with Crippen LogP contribution in [-0.2, 0) is 11.2 Å². The molecule has 0 atom stereocenters.